The van der Waals surface area contributed by atoms with E-state index < -0.39 is 22.5 Å². The largest absolute Gasteiger partial charge is 0.502 e. The zero-order valence-electron chi connectivity index (χ0n) is 13.3. The number of nitrogens with one attached hydrogen (secondary N) is 4. The van der Waals surface area contributed by atoms with Gasteiger partial charge in [-0.25, -0.2) is 0 Å². The Hall–Kier alpha value is -2.91. The molecule has 0 radical (unpaired) electrons. The first-order chi connectivity index (χ1) is 11.8. The number of amides is 3. The Balaban J connectivity index is 1.23. The van der Waals surface area contributed by atoms with Gasteiger partial charge in [0.2, 0.25) is 17.7 Å². The van der Waals surface area contributed by atoms with E-state index in [4.69, 9.17) is 5.11 Å². The van der Waals surface area contributed by atoms with Gasteiger partial charge in [-0.1, -0.05) is 0 Å². The zero-order valence-corrected chi connectivity index (χ0v) is 13.3. The quantitative estimate of drug-likeness (QED) is 0.218. The predicted octanol–water partition coefficient (Wildman–Crippen LogP) is -1.45. The molecule has 3 rings (SSSR count). The van der Waals surface area contributed by atoms with Crippen LogP contribution in [0.25, 0.3) is 0 Å². The van der Waals surface area contributed by atoms with Crippen molar-refractivity contribution in [2.75, 3.05) is 5.43 Å². The van der Waals surface area contributed by atoms with Gasteiger partial charge >= 0.3 is 0 Å². The lowest BCUT2D eigenvalue weighted by atomic mass is 10.2. The van der Waals surface area contributed by atoms with Gasteiger partial charge in [-0.15, -0.1) is 0 Å². The highest BCUT2D eigenvalue weighted by atomic mass is 16.3. The summed E-state index contributed by atoms with van der Waals surface area (Å²) in [5.41, 5.74) is 6.74. The lowest BCUT2D eigenvalue weighted by Gasteiger charge is -2.10. The van der Waals surface area contributed by atoms with Crippen molar-refractivity contribution in [1.29, 1.82) is 0 Å². The molecule has 0 aliphatic heterocycles. The van der Waals surface area contributed by atoms with Crippen molar-refractivity contribution in [3.63, 3.8) is 0 Å². The van der Waals surface area contributed by atoms with Crippen molar-refractivity contribution in [2.45, 2.75) is 38.5 Å². The number of rotatable bonds is 8. The van der Waals surface area contributed by atoms with Gasteiger partial charge in [-0.05, 0) is 31.6 Å². The highest BCUT2D eigenvalue weighted by molar-refractivity contribution is 5.91. The fourth-order valence-electron chi connectivity index (χ4n) is 2.65. The van der Waals surface area contributed by atoms with Crippen molar-refractivity contribution >= 4 is 23.4 Å². The minimum atomic E-state index is -0.992. The maximum atomic E-state index is 11.7. The molecule has 3 amide bonds. The van der Waals surface area contributed by atoms with E-state index in [2.05, 4.69) is 21.7 Å². The van der Waals surface area contributed by atoms with Crippen LogP contribution >= 0.6 is 0 Å². The minimum Gasteiger partial charge on any atom is -0.502 e. The van der Waals surface area contributed by atoms with Crippen LogP contribution in [0.4, 0.5) is 5.69 Å². The molecule has 1 aromatic rings. The van der Waals surface area contributed by atoms with Crippen molar-refractivity contribution < 1.29 is 19.5 Å². The van der Waals surface area contributed by atoms with Gasteiger partial charge in [0.25, 0.3) is 10.9 Å². The number of hydrogen-bond acceptors (Lipinski definition) is 7. The standard InChI is InChI=1S/C15H18N4O6/c20-8(16-18-10-11(22)13(24)12(10)23)3-1-2-4-9(21)17-19-14(25)15-5-7(15)6-15/h7,18,22H,1-6H2,(H,16,20)(H,17,21)(H,19,25). The van der Waals surface area contributed by atoms with Crippen LogP contribution < -0.4 is 32.6 Å². The number of anilines is 1. The molecule has 5 N–H and O–H groups in total. The Kier molecular flexibility index (Phi) is 4.19. The van der Waals surface area contributed by atoms with E-state index in [1.165, 1.54) is 0 Å². The third-order valence-corrected chi connectivity index (χ3v) is 4.72. The number of hydrazine groups is 2. The minimum absolute atomic E-state index is 0.0909. The van der Waals surface area contributed by atoms with Crippen LogP contribution in [0.2, 0.25) is 0 Å². The lowest BCUT2D eigenvalue weighted by molar-refractivity contribution is -0.130. The lowest BCUT2D eigenvalue weighted by Crippen LogP contribution is -2.43. The summed E-state index contributed by atoms with van der Waals surface area (Å²) in [5.74, 6) is -1.10. The molecule has 0 bridgehead atoms. The molecule has 2 aliphatic rings. The molecule has 2 aliphatic carbocycles. The molecular weight excluding hydrogens is 332 g/mol. The number of carbonyl (C=O) groups is 3. The van der Waals surface area contributed by atoms with Crippen LogP contribution in [0.15, 0.2) is 9.59 Å². The molecule has 2 saturated carbocycles. The highest BCUT2D eigenvalue weighted by Crippen LogP contribution is 2.75. The second-order valence-electron chi connectivity index (χ2n) is 6.53. The molecule has 2 fully saturated rings. The molecule has 1 aromatic carbocycles. The summed E-state index contributed by atoms with van der Waals surface area (Å²) in [6.45, 7) is 0. The van der Waals surface area contributed by atoms with Crippen molar-refractivity contribution in [1.82, 2.24) is 16.3 Å². The van der Waals surface area contributed by atoms with E-state index in [1.807, 2.05) is 0 Å². The predicted molar refractivity (Wildman–Crippen MR) is 84.7 cm³/mol. The summed E-state index contributed by atoms with van der Waals surface area (Å²) in [4.78, 5) is 56.6. The van der Waals surface area contributed by atoms with E-state index in [0.29, 0.717) is 18.8 Å². The zero-order chi connectivity index (χ0) is 18.2. The van der Waals surface area contributed by atoms with Gasteiger partial charge < -0.3 is 5.11 Å². The first-order valence-electron chi connectivity index (χ1n) is 8.01. The van der Waals surface area contributed by atoms with Crippen molar-refractivity contribution in [3.05, 3.63) is 20.4 Å². The average Bonchev–Trinajstić information content (AvgIpc) is 3.46. The van der Waals surface area contributed by atoms with E-state index in [0.717, 1.165) is 12.8 Å². The van der Waals surface area contributed by atoms with Gasteiger partial charge in [-0.2, -0.15) is 0 Å². The Bertz CT molecular complexity index is 803. The van der Waals surface area contributed by atoms with Gasteiger partial charge in [0.05, 0.1) is 5.41 Å². The van der Waals surface area contributed by atoms with E-state index in [-0.39, 0.29) is 35.8 Å². The monoisotopic (exact) mass is 350 g/mol. The van der Waals surface area contributed by atoms with Crippen molar-refractivity contribution in [2.24, 2.45) is 11.3 Å². The van der Waals surface area contributed by atoms with Crippen LogP contribution in [-0.4, -0.2) is 22.8 Å². The summed E-state index contributed by atoms with van der Waals surface area (Å²) >= 11 is 0. The number of fused-ring (bicyclic) bond motifs is 1. The van der Waals surface area contributed by atoms with Crippen LogP contribution in [0.1, 0.15) is 38.5 Å². The number of aromatic hydroxyl groups is 1. The Morgan fingerprint density at radius 3 is 2.04 bits per heavy atom. The van der Waals surface area contributed by atoms with Crippen LogP contribution in [0, 0.1) is 11.3 Å². The molecule has 0 atom stereocenters. The second-order valence-corrected chi connectivity index (χ2v) is 6.53. The van der Waals surface area contributed by atoms with E-state index in [1.54, 1.807) is 0 Å². The van der Waals surface area contributed by atoms with Gasteiger partial charge in [-0.3, -0.25) is 45.7 Å². The van der Waals surface area contributed by atoms with Crippen LogP contribution in [0.3, 0.4) is 0 Å². The smallest absolute Gasteiger partial charge is 0.271 e. The summed E-state index contributed by atoms with van der Waals surface area (Å²) in [5, 5.41) is 9.10. The molecule has 0 aromatic heterocycles. The molecule has 0 unspecified atom stereocenters. The molecular formula is C15H18N4O6. The Labute approximate surface area is 141 Å². The molecule has 0 heterocycles. The molecule has 10 heteroatoms. The maximum absolute atomic E-state index is 11.7. The topological polar surface area (TPSA) is 154 Å². The second kappa shape index (κ2) is 6.19. The summed E-state index contributed by atoms with van der Waals surface area (Å²) in [7, 11) is 0. The van der Waals surface area contributed by atoms with Gasteiger partial charge in [0.15, 0.2) is 11.4 Å². The number of unbranched alkanes of at least 4 members (excludes halogenated alkanes) is 1. The molecule has 134 valence electrons. The highest BCUT2D eigenvalue weighted by Gasteiger charge is 2.74. The SMILES string of the molecule is O=C(CCCCC(=O)NNc1c(O)c(=O)c1=O)NNC(=O)C12CC1C2. The number of carbonyl (C=O) groups excluding carboxylic acids is 3. The summed E-state index contributed by atoms with van der Waals surface area (Å²) < 4.78 is 0. The third kappa shape index (κ3) is 3.32. The Morgan fingerprint density at radius 1 is 0.960 bits per heavy atom. The normalized spacial score (nSPS) is 22.6. The molecule has 0 spiro atoms. The molecule has 10 nitrogen and oxygen atoms in total. The average molecular weight is 350 g/mol. The van der Waals surface area contributed by atoms with Crippen LogP contribution in [-0.2, 0) is 14.4 Å². The maximum Gasteiger partial charge on any atom is 0.271 e. The molecule has 25 heavy (non-hydrogen) atoms. The summed E-state index contributed by atoms with van der Waals surface area (Å²) in [6.07, 6.45) is 2.93. The fourth-order valence-corrected chi connectivity index (χ4v) is 2.65. The van der Waals surface area contributed by atoms with Crippen LogP contribution in [0.5, 0.6) is 5.75 Å². The Morgan fingerprint density at radius 2 is 1.52 bits per heavy atom. The number of hydrogen-bond donors (Lipinski definition) is 5. The van der Waals surface area contributed by atoms with Gasteiger partial charge in [0, 0.05) is 12.8 Å². The first-order valence-corrected chi connectivity index (χ1v) is 8.01. The van der Waals surface area contributed by atoms with Crippen molar-refractivity contribution in [3.8, 4) is 5.75 Å². The first kappa shape index (κ1) is 16.9. The fraction of sp³-hybridized carbons (Fsp3) is 0.533. The van der Waals surface area contributed by atoms with E-state index >= 15 is 0 Å². The molecule has 0 saturated heterocycles. The summed E-state index contributed by atoms with van der Waals surface area (Å²) in [6, 6.07) is 0. The third-order valence-electron chi connectivity index (χ3n) is 4.72. The van der Waals surface area contributed by atoms with E-state index in [9.17, 15) is 24.0 Å². The van der Waals surface area contributed by atoms with Gasteiger partial charge in [0.1, 0.15) is 0 Å².